The van der Waals surface area contributed by atoms with Crippen LogP contribution in [0.4, 0.5) is 0 Å². The summed E-state index contributed by atoms with van der Waals surface area (Å²) in [6.45, 7) is 6.47. The summed E-state index contributed by atoms with van der Waals surface area (Å²) in [5.74, 6) is 0.00410. The van der Waals surface area contributed by atoms with E-state index in [9.17, 15) is 9.59 Å². The third-order valence-electron chi connectivity index (χ3n) is 3.98. The molecule has 0 aliphatic heterocycles. The highest BCUT2D eigenvalue weighted by molar-refractivity contribution is 6.30. The summed E-state index contributed by atoms with van der Waals surface area (Å²) in [7, 11) is 0. The maximum Gasteiger partial charge on any atom is 0.329 e. The van der Waals surface area contributed by atoms with Crippen LogP contribution in [0, 0.1) is 5.41 Å². The predicted octanol–water partition coefficient (Wildman–Crippen LogP) is 2.89. The molecule has 1 aliphatic rings. The van der Waals surface area contributed by atoms with Gasteiger partial charge in [-0.3, -0.25) is 14.3 Å². The van der Waals surface area contributed by atoms with Gasteiger partial charge in [0, 0.05) is 6.54 Å². The van der Waals surface area contributed by atoms with E-state index in [2.05, 4.69) is 11.9 Å². The van der Waals surface area contributed by atoms with Crippen LogP contribution in [0.5, 0.6) is 0 Å². The van der Waals surface area contributed by atoms with Gasteiger partial charge >= 0.3 is 5.69 Å². The van der Waals surface area contributed by atoms with Gasteiger partial charge in [-0.05, 0) is 30.6 Å². The van der Waals surface area contributed by atoms with E-state index in [-0.39, 0.29) is 27.7 Å². The van der Waals surface area contributed by atoms with Gasteiger partial charge in [-0.15, -0.1) is 0 Å². The number of nitrogens with zero attached hydrogens (tertiary/aromatic N) is 1. The molecule has 0 amide bonds. The van der Waals surface area contributed by atoms with E-state index in [0.29, 0.717) is 12.1 Å². The molecule has 0 saturated heterocycles. The molecule has 1 saturated carbocycles. The van der Waals surface area contributed by atoms with E-state index in [1.807, 2.05) is 13.8 Å². The minimum absolute atomic E-state index is 0.00410. The summed E-state index contributed by atoms with van der Waals surface area (Å²) in [6, 6.07) is 0. The van der Waals surface area contributed by atoms with Crippen molar-refractivity contribution in [3.05, 3.63) is 31.6 Å². The summed E-state index contributed by atoms with van der Waals surface area (Å²) in [6.07, 6.45) is 4.36. The third-order valence-corrected chi connectivity index (χ3v) is 4.28. The van der Waals surface area contributed by atoms with Crippen molar-refractivity contribution in [1.29, 1.82) is 0 Å². The van der Waals surface area contributed by atoms with Gasteiger partial charge in [0.25, 0.3) is 5.56 Å². The minimum atomic E-state index is -0.387. The van der Waals surface area contributed by atoms with Gasteiger partial charge in [0.15, 0.2) is 0 Å². The first-order valence-corrected chi connectivity index (χ1v) is 7.30. The van der Waals surface area contributed by atoms with Crippen molar-refractivity contribution in [2.45, 2.75) is 58.9 Å². The molecule has 2 rings (SSSR count). The van der Waals surface area contributed by atoms with Gasteiger partial charge in [0.1, 0.15) is 5.15 Å². The maximum absolute atomic E-state index is 12.4. The van der Waals surface area contributed by atoms with Crippen molar-refractivity contribution < 1.29 is 0 Å². The Balaban J connectivity index is 2.44. The monoisotopic (exact) mass is 284 g/mol. The number of halogens is 1. The van der Waals surface area contributed by atoms with Crippen molar-refractivity contribution in [2.24, 2.45) is 5.41 Å². The Labute approximate surface area is 117 Å². The lowest BCUT2D eigenvalue weighted by Gasteiger charge is -2.17. The molecule has 0 radical (unpaired) electrons. The molecular formula is C14H21ClN2O2. The molecular weight excluding hydrogens is 264 g/mol. The Morgan fingerprint density at radius 2 is 2.00 bits per heavy atom. The van der Waals surface area contributed by atoms with Gasteiger partial charge in [-0.2, -0.15) is 0 Å². The molecule has 4 nitrogen and oxygen atoms in total. The van der Waals surface area contributed by atoms with Crippen LogP contribution in [0.15, 0.2) is 9.59 Å². The first kappa shape index (κ1) is 14.4. The first-order valence-electron chi connectivity index (χ1n) is 6.93. The average Bonchev–Trinajstić information content (AvgIpc) is 3.04. The lowest BCUT2D eigenvalue weighted by Crippen LogP contribution is -2.40. The normalized spacial score (nSPS) is 16.9. The van der Waals surface area contributed by atoms with Crippen LogP contribution in [0.3, 0.4) is 0 Å². The number of aromatic nitrogens is 2. The van der Waals surface area contributed by atoms with Crippen LogP contribution in [0.2, 0.25) is 5.15 Å². The number of nitrogens with one attached hydrogen (secondary N) is 1. The second-order valence-corrected chi connectivity index (χ2v) is 6.33. The Kier molecular flexibility index (Phi) is 3.90. The zero-order valence-electron chi connectivity index (χ0n) is 11.8. The number of aromatic amines is 1. The molecule has 0 atom stereocenters. The van der Waals surface area contributed by atoms with E-state index in [1.54, 1.807) is 0 Å². The molecule has 1 aromatic rings. The van der Waals surface area contributed by atoms with Gasteiger partial charge in [0.2, 0.25) is 0 Å². The van der Waals surface area contributed by atoms with Crippen LogP contribution in [-0.4, -0.2) is 9.55 Å². The highest BCUT2D eigenvalue weighted by Gasteiger charge is 2.42. The molecule has 1 aliphatic carbocycles. The molecule has 19 heavy (non-hydrogen) atoms. The van der Waals surface area contributed by atoms with Crippen molar-refractivity contribution in [3.8, 4) is 0 Å². The number of hydrogen-bond donors (Lipinski definition) is 1. The second kappa shape index (κ2) is 5.16. The molecule has 1 heterocycles. The van der Waals surface area contributed by atoms with E-state index in [4.69, 9.17) is 11.6 Å². The van der Waals surface area contributed by atoms with Crippen LogP contribution in [0.1, 0.15) is 57.9 Å². The van der Waals surface area contributed by atoms with Crippen LogP contribution in [-0.2, 0) is 6.54 Å². The van der Waals surface area contributed by atoms with Crippen molar-refractivity contribution in [3.63, 3.8) is 0 Å². The highest BCUT2D eigenvalue weighted by Crippen LogP contribution is 2.50. The summed E-state index contributed by atoms with van der Waals surface area (Å²) in [5.41, 5.74) is 0.0506. The van der Waals surface area contributed by atoms with Crippen molar-refractivity contribution in [2.75, 3.05) is 0 Å². The van der Waals surface area contributed by atoms with E-state index in [0.717, 1.165) is 25.7 Å². The van der Waals surface area contributed by atoms with Gasteiger partial charge in [-0.25, -0.2) is 4.79 Å². The molecule has 1 N–H and O–H groups in total. The number of rotatable bonds is 5. The van der Waals surface area contributed by atoms with Crippen molar-refractivity contribution in [1.82, 2.24) is 9.55 Å². The molecule has 0 unspecified atom stereocenters. The second-order valence-electron chi connectivity index (χ2n) is 5.95. The lowest BCUT2D eigenvalue weighted by atomic mass is 10.0. The predicted molar refractivity (Wildman–Crippen MR) is 77.0 cm³/mol. The molecule has 106 valence electrons. The largest absolute Gasteiger partial charge is 0.329 e. The molecule has 5 heteroatoms. The molecule has 0 bridgehead atoms. The number of H-pyrrole nitrogens is 1. The molecule has 1 fully saturated rings. The van der Waals surface area contributed by atoms with Gasteiger partial charge in [0.05, 0.1) is 5.56 Å². The minimum Gasteiger partial charge on any atom is -0.297 e. The summed E-state index contributed by atoms with van der Waals surface area (Å²) in [4.78, 5) is 27.0. The Morgan fingerprint density at radius 3 is 2.47 bits per heavy atom. The Hall–Kier alpha value is -1.03. The Bertz CT molecular complexity index is 582. The molecule has 0 spiro atoms. The fourth-order valence-corrected chi connectivity index (χ4v) is 3.11. The summed E-state index contributed by atoms with van der Waals surface area (Å²) < 4.78 is 1.34. The van der Waals surface area contributed by atoms with Crippen molar-refractivity contribution >= 4 is 11.6 Å². The number of hydrogen-bond acceptors (Lipinski definition) is 2. The zero-order valence-corrected chi connectivity index (χ0v) is 12.5. The van der Waals surface area contributed by atoms with E-state index >= 15 is 0 Å². The van der Waals surface area contributed by atoms with Gasteiger partial charge in [-0.1, -0.05) is 38.8 Å². The first-order chi connectivity index (χ1) is 8.90. The molecule has 1 aromatic heterocycles. The third kappa shape index (κ3) is 2.78. The smallest absolute Gasteiger partial charge is 0.297 e. The molecule has 0 aromatic carbocycles. The SMILES string of the molecule is CCCC1(Cn2c(=O)[nH]c(Cl)c(C(C)C)c2=O)CC1. The van der Waals surface area contributed by atoms with E-state index in [1.165, 1.54) is 4.57 Å². The lowest BCUT2D eigenvalue weighted by molar-refractivity contribution is 0.371. The quantitative estimate of drug-likeness (QED) is 0.845. The highest BCUT2D eigenvalue weighted by atomic mass is 35.5. The van der Waals surface area contributed by atoms with Crippen LogP contribution in [0.25, 0.3) is 0 Å². The fraction of sp³-hybridized carbons (Fsp3) is 0.714. The summed E-state index contributed by atoms with van der Waals surface area (Å²) in [5, 5.41) is 0.182. The summed E-state index contributed by atoms with van der Waals surface area (Å²) >= 11 is 5.98. The zero-order chi connectivity index (χ0) is 14.2. The maximum atomic E-state index is 12.4. The standard InChI is InChI=1S/C14H21ClN2O2/c1-4-5-14(6-7-14)8-17-12(18)10(9(2)3)11(15)16-13(17)19/h9H,4-8H2,1-3H3,(H,16,19). The Morgan fingerprint density at radius 1 is 1.37 bits per heavy atom. The van der Waals surface area contributed by atoms with Crippen LogP contribution < -0.4 is 11.2 Å². The van der Waals surface area contributed by atoms with E-state index < -0.39 is 0 Å². The van der Waals surface area contributed by atoms with Gasteiger partial charge < -0.3 is 0 Å². The topological polar surface area (TPSA) is 54.9 Å². The van der Waals surface area contributed by atoms with Crippen LogP contribution >= 0.6 is 11.6 Å². The fourth-order valence-electron chi connectivity index (χ4n) is 2.73. The average molecular weight is 285 g/mol.